The lowest BCUT2D eigenvalue weighted by molar-refractivity contribution is 0.00578. The Morgan fingerprint density at radius 2 is 1.74 bits per heavy atom. The summed E-state index contributed by atoms with van der Waals surface area (Å²) in [6.45, 7) is 9.19. The molecule has 0 aromatic carbocycles. The van der Waals surface area contributed by atoms with Crippen molar-refractivity contribution in [3.05, 3.63) is 30.0 Å². The summed E-state index contributed by atoms with van der Waals surface area (Å²) >= 11 is 0. The molecule has 0 N–H and O–H groups in total. The van der Waals surface area contributed by atoms with Crippen LogP contribution in [0.5, 0.6) is 0 Å². The van der Waals surface area contributed by atoms with Crippen LogP contribution in [-0.4, -0.2) is 28.3 Å². The zero-order valence-corrected chi connectivity index (χ0v) is 11.9. The van der Waals surface area contributed by atoms with Crippen molar-refractivity contribution in [2.75, 3.05) is 0 Å². The van der Waals surface area contributed by atoms with E-state index in [-0.39, 0.29) is 0 Å². The number of nitrogens with zero attached hydrogens (tertiary/aromatic N) is 2. The third-order valence-electron chi connectivity index (χ3n) is 3.77. The van der Waals surface area contributed by atoms with E-state index < -0.39 is 24.0 Å². The molecule has 1 saturated heterocycles. The molecule has 0 radical (unpaired) electrons. The Bertz CT molecular complexity index is 487. The second kappa shape index (κ2) is 4.69. The highest BCUT2D eigenvalue weighted by atomic mass is 19.1. The van der Waals surface area contributed by atoms with Gasteiger partial charge in [0.15, 0.2) is 0 Å². The largest absolute Gasteiger partial charge is 0.525 e. The third kappa shape index (κ3) is 2.55. The van der Waals surface area contributed by atoms with E-state index in [9.17, 15) is 4.39 Å². The maximum Gasteiger partial charge on any atom is 0.525 e. The topological polar surface area (TPSA) is 44.2 Å². The maximum atomic E-state index is 14.4. The molecule has 1 fully saturated rings. The highest BCUT2D eigenvalue weighted by molar-refractivity contribution is 6.55. The van der Waals surface area contributed by atoms with E-state index >= 15 is 0 Å². The quantitative estimate of drug-likeness (QED) is 0.770. The maximum absolute atomic E-state index is 14.4. The van der Waals surface area contributed by atoms with E-state index in [0.29, 0.717) is 11.3 Å². The molecular formula is C13H18BFN2O2. The number of aromatic nitrogens is 2. The summed E-state index contributed by atoms with van der Waals surface area (Å²) in [4.78, 5) is 8.00. The Hall–Kier alpha value is -1.27. The molecule has 102 valence electrons. The van der Waals surface area contributed by atoms with Gasteiger partial charge in [-0.2, -0.15) is 0 Å². The van der Waals surface area contributed by atoms with Gasteiger partial charge in [0.1, 0.15) is 5.73 Å². The Morgan fingerprint density at radius 3 is 2.21 bits per heavy atom. The molecule has 4 nitrogen and oxygen atoms in total. The highest BCUT2D eigenvalue weighted by Crippen LogP contribution is 2.39. The van der Waals surface area contributed by atoms with Gasteiger partial charge in [0, 0.05) is 18.0 Å². The van der Waals surface area contributed by atoms with Crippen molar-refractivity contribution in [2.24, 2.45) is 0 Å². The summed E-state index contributed by atoms with van der Waals surface area (Å²) in [7, 11) is -0.994. The minimum Gasteiger partial charge on any atom is -0.398 e. The molecule has 0 bridgehead atoms. The normalized spacial score (nSPS) is 22.3. The van der Waals surface area contributed by atoms with Crippen molar-refractivity contribution in [3.8, 4) is 0 Å². The van der Waals surface area contributed by atoms with E-state index in [1.165, 1.54) is 12.4 Å². The van der Waals surface area contributed by atoms with E-state index in [2.05, 4.69) is 9.97 Å². The second-order valence-corrected chi connectivity index (χ2v) is 5.65. The summed E-state index contributed by atoms with van der Waals surface area (Å²) in [5, 5.41) is 0. The molecular weight excluding hydrogens is 246 g/mol. The molecule has 0 spiro atoms. The zero-order chi connectivity index (χ0) is 14.3. The summed E-state index contributed by atoms with van der Waals surface area (Å²) in [6.07, 6.45) is 4.58. The first-order valence-corrected chi connectivity index (χ1v) is 6.23. The van der Waals surface area contributed by atoms with Gasteiger partial charge in [0.05, 0.1) is 23.1 Å². The molecule has 0 amide bonds. The van der Waals surface area contributed by atoms with Crippen LogP contribution in [0.3, 0.4) is 0 Å². The molecule has 1 aromatic heterocycles. The lowest BCUT2D eigenvalue weighted by Crippen LogP contribution is -2.41. The SMILES string of the molecule is CC(=C(F)B1OC(C)(C)C(C)(C)O1)c1cnccn1. The van der Waals surface area contributed by atoms with E-state index in [1.807, 2.05) is 27.7 Å². The fourth-order valence-electron chi connectivity index (χ4n) is 1.74. The van der Waals surface area contributed by atoms with Crippen LogP contribution in [0.25, 0.3) is 5.57 Å². The average molecular weight is 264 g/mol. The predicted molar refractivity (Wildman–Crippen MR) is 71.8 cm³/mol. The van der Waals surface area contributed by atoms with Crippen molar-refractivity contribution in [1.82, 2.24) is 9.97 Å². The van der Waals surface area contributed by atoms with Crippen LogP contribution in [0, 0.1) is 0 Å². The van der Waals surface area contributed by atoms with Gasteiger partial charge < -0.3 is 9.31 Å². The number of halogens is 1. The second-order valence-electron chi connectivity index (χ2n) is 5.65. The molecule has 2 heterocycles. The van der Waals surface area contributed by atoms with Crippen molar-refractivity contribution in [1.29, 1.82) is 0 Å². The van der Waals surface area contributed by atoms with Crippen molar-refractivity contribution in [3.63, 3.8) is 0 Å². The molecule has 0 unspecified atom stereocenters. The fraction of sp³-hybridized carbons (Fsp3) is 0.538. The average Bonchev–Trinajstić information content (AvgIpc) is 2.58. The van der Waals surface area contributed by atoms with E-state index in [1.54, 1.807) is 13.1 Å². The molecule has 2 rings (SSSR count). The van der Waals surface area contributed by atoms with Gasteiger partial charge in [-0.3, -0.25) is 9.97 Å². The minimum atomic E-state index is -0.994. The predicted octanol–water partition coefficient (Wildman–Crippen LogP) is 2.81. The fourth-order valence-corrected chi connectivity index (χ4v) is 1.74. The molecule has 0 saturated carbocycles. The van der Waals surface area contributed by atoms with Crippen LogP contribution in [-0.2, 0) is 9.31 Å². The first kappa shape index (κ1) is 14.2. The van der Waals surface area contributed by atoms with Crippen molar-refractivity contribution < 1.29 is 13.7 Å². The van der Waals surface area contributed by atoms with Gasteiger partial charge in [0.2, 0.25) is 0 Å². The van der Waals surface area contributed by atoms with Gasteiger partial charge in [-0.1, -0.05) is 0 Å². The molecule has 19 heavy (non-hydrogen) atoms. The number of hydrogen-bond donors (Lipinski definition) is 0. The molecule has 0 aliphatic carbocycles. The lowest BCUT2D eigenvalue weighted by atomic mass is 9.84. The minimum absolute atomic E-state index is 0.381. The van der Waals surface area contributed by atoms with Crippen LogP contribution in [0.15, 0.2) is 24.3 Å². The van der Waals surface area contributed by atoms with Gasteiger partial charge in [-0.25, -0.2) is 4.39 Å². The molecule has 0 atom stereocenters. The van der Waals surface area contributed by atoms with Crippen molar-refractivity contribution >= 4 is 12.7 Å². The first-order valence-electron chi connectivity index (χ1n) is 6.23. The standard InChI is InChI=1S/C13H18BFN2O2/c1-9(10-8-16-6-7-17-10)11(15)14-18-12(2,3)13(4,5)19-14/h6-8H,1-5H3. The monoisotopic (exact) mass is 264 g/mol. The Kier molecular flexibility index (Phi) is 3.49. The van der Waals surface area contributed by atoms with Gasteiger partial charge in [-0.15, -0.1) is 0 Å². The van der Waals surface area contributed by atoms with Gasteiger partial charge in [0.25, 0.3) is 0 Å². The van der Waals surface area contributed by atoms with Crippen LogP contribution >= 0.6 is 0 Å². The highest BCUT2D eigenvalue weighted by Gasteiger charge is 2.53. The smallest absolute Gasteiger partial charge is 0.398 e. The van der Waals surface area contributed by atoms with Crippen LogP contribution in [0.4, 0.5) is 4.39 Å². The summed E-state index contributed by atoms with van der Waals surface area (Å²) in [6, 6.07) is 0. The van der Waals surface area contributed by atoms with Crippen LogP contribution in [0.2, 0.25) is 0 Å². The molecule has 1 aliphatic rings. The third-order valence-corrected chi connectivity index (χ3v) is 3.77. The number of hydrogen-bond acceptors (Lipinski definition) is 4. The number of rotatable bonds is 2. The summed E-state index contributed by atoms with van der Waals surface area (Å²) in [5.41, 5.74) is -0.713. The Labute approximate surface area is 113 Å². The van der Waals surface area contributed by atoms with Crippen molar-refractivity contribution in [2.45, 2.75) is 45.8 Å². The molecule has 1 aliphatic heterocycles. The Morgan fingerprint density at radius 1 is 1.16 bits per heavy atom. The molecule has 1 aromatic rings. The van der Waals surface area contributed by atoms with E-state index in [0.717, 1.165) is 0 Å². The Balaban J connectivity index is 2.29. The van der Waals surface area contributed by atoms with Gasteiger partial charge in [-0.05, 0) is 34.6 Å². The van der Waals surface area contributed by atoms with Gasteiger partial charge >= 0.3 is 7.12 Å². The molecule has 6 heteroatoms. The van der Waals surface area contributed by atoms with Crippen LogP contribution < -0.4 is 0 Å². The summed E-state index contributed by atoms with van der Waals surface area (Å²) in [5.74, 6) is 0. The summed E-state index contributed by atoms with van der Waals surface area (Å²) < 4.78 is 25.8. The van der Waals surface area contributed by atoms with Crippen LogP contribution in [0.1, 0.15) is 40.3 Å². The lowest BCUT2D eigenvalue weighted by Gasteiger charge is -2.32. The number of allylic oxidation sites excluding steroid dienone is 1. The zero-order valence-electron chi connectivity index (χ0n) is 11.9. The first-order chi connectivity index (χ1) is 8.74. The van der Waals surface area contributed by atoms with E-state index in [4.69, 9.17) is 9.31 Å².